The Labute approximate surface area is 97.3 Å². The number of nitriles is 1. The summed E-state index contributed by atoms with van der Waals surface area (Å²) >= 11 is 0. The third-order valence-corrected chi connectivity index (χ3v) is 3.42. The molecule has 1 N–H and O–H groups in total. The molecule has 0 amide bonds. The molecule has 1 saturated carbocycles. The molecule has 1 aromatic carbocycles. The van der Waals surface area contributed by atoms with Crippen molar-refractivity contribution in [2.24, 2.45) is 0 Å². The van der Waals surface area contributed by atoms with Crippen molar-refractivity contribution in [2.75, 3.05) is 6.54 Å². The second-order valence-corrected chi connectivity index (χ2v) is 4.71. The summed E-state index contributed by atoms with van der Waals surface area (Å²) in [6.07, 6.45) is 4.21. The monoisotopic (exact) mass is 214 g/mol. The Balaban J connectivity index is 1.80. The summed E-state index contributed by atoms with van der Waals surface area (Å²) in [6.45, 7) is 3.00. The summed E-state index contributed by atoms with van der Waals surface area (Å²) in [5.74, 6) is 0. The largest absolute Gasteiger partial charge is 0.299 e. The zero-order chi connectivity index (χ0) is 11.4. The Bertz CT molecular complexity index is 382. The molecule has 1 aliphatic carbocycles. The van der Waals surface area contributed by atoms with Gasteiger partial charge < -0.3 is 0 Å². The Kier molecular flexibility index (Phi) is 3.26. The van der Waals surface area contributed by atoms with Crippen molar-refractivity contribution in [1.82, 2.24) is 5.32 Å². The minimum Gasteiger partial charge on any atom is -0.299 e. The van der Waals surface area contributed by atoms with E-state index < -0.39 is 0 Å². The van der Waals surface area contributed by atoms with E-state index >= 15 is 0 Å². The van der Waals surface area contributed by atoms with Crippen LogP contribution >= 0.6 is 0 Å². The summed E-state index contributed by atoms with van der Waals surface area (Å²) in [4.78, 5) is 0. The lowest BCUT2D eigenvalue weighted by molar-refractivity contribution is 0.256. The number of hydrogen-bond acceptors (Lipinski definition) is 2. The maximum absolute atomic E-state index is 9.06. The van der Waals surface area contributed by atoms with Crippen LogP contribution in [-0.4, -0.2) is 12.1 Å². The predicted octanol–water partition coefficient (Wildman–Crippen LogP) is 2.57. The van der Waals surface area contributed by atoms with E-state index in [9.17, 15) is 0 Å². The number of nitrogens with one attached hydrogen (secondary N) is 1. The Hall–Kier alpha value is -1.33. The van der Waals surface area contributed by atoms with Crippen molar-refractivity contribution >= 4 is 0 Å². The van der Waals surface area contributed by atoms with Gasteiger partial charge >= 0.3 is 0 Å². The second kappa shape index (κ2) is 4.67. The first-order chi connectivity index (χ1) is 7.74. The molecule has 1 aromatic rings. The number of rotatable bonds is 4. The highest BCUT2D eigenvalue weighted by Crippen LogP contribution is 2.30. The van der Waals surface area contributed by atoms with Gasteiger partial charge in [-0.25, -0.2) is 0 Å². The van der Waals surface area contributed by atoms with Gasteiger partial charge in [0.05, 0.1) is 6.07 Å². The molecule has 0 unspecified atom stereocenters. The molecule has 1 aliphatic rings. The van der Waals surface area contributed by atoms with E-state index in [-0.39, 0.29) is 5.54 Å². The summed E-state index contributed by atoms with van der Waals surface area (Å²) < 4.78 is 0. The highest BCUT2D eigenvalue weighted by molar-refractivity contribution is 5.22. The highest BCUT2D eigenvalue weighted by Gasteiger charge is 2.36. The SMILES string of the molecule is Cc1ccc(CCNC2(C#N)CCC2)cc1. The Morgan fingerprint density at radius 3 is 2.50 bits per heavy atom. The number of nitrogens with zero attached hydrogens (tertiary/aromatic N) is 1. The normalized spacial score (nSPS) is 17.5. The van der Waals surface area contributed by atoms with Crippen LogP contribution in [0.1, 0.15) is 30.4 Å². The van der Waals surface area contributed by atoms with Crippen molar-refractivity contribution < 1.29 is 0 Å². The fourth-order valence-electron chi connectivity index (χ4n) is 2.06. The Morgan fingerprint density at radius 2 is 2.00 bits per heavy atom. The van der Waals surface area contributed by atoms with Crippen molar-refractivity contribution in [3.63, 3.8) is 0 Å². The number of hydrogen-bond donors (Lipinski definition) is 1. The van der Waals surface area contributed by atoms with Crippen LogP contribution in [0, 0.1) is 18.3 Å². The van der Waals surface area contributed by atoms with Gasteiger partial charge in [-0.05, 0) is 38.2 Å². The van der Waals surface area contributed by atoms with Crippen LogP contribution in [0.5, 0.6) is 0 Å². The minimum absolute atomic E-state index is 0.204. The molecular formula is C14H18N2. The van der Waals surface area contributed by atoms with Gasteiger partial charge in [0.25, 0.3) is 0 Å². The number of aryl methyl sites for hydroxylation is 1. The molecule has 0 aromatic heterocycles. The molecule has 0 atom stereocenters. The molecule has 2 nitrogen and oxygen atoms in total. The lowest BCUT2D eigenvalue weighted by Crippen LogP contribution is -2.50. The standard InChI is InChI=1S/C14H18N2/c1-12-3-5-13(6-4-12)7-10-16-14(11-15)8-2-9-14/h3-6,16H,2,7-10H2,1H3. The predicted molar refractivity (Wildman–Crippen MR) is 65.1 cm³/mol. The van der Waals surface area contributed by atoms with E-state index in [0.717, 1.165) is 25.8 Å². The third kappa shape index (κ3) is 2.43. The topological polar surface area (TPSA) is 35.8 Å². The molecule has 0 bridgehead atoms. The van der Waals surface area contributed by atoms with Crippen LogP contribution in [0.3, 0.4) is 0 Å². The fourth-order valence-corrected chi connectivity index (χ4v) is 2.06. The van der Waals surface area contributed by atoms with E-state index in [0.29, 0.717) is 0 Å². The molecule has 2 heteroatoms. The Morgan fingerprint density at radius 1 is 1.31 bits per heavy atom. The maximum Gasteiger partial charge on any atom is 0.106 e. The summed E-state index contributed by atoms with van der Waals surface area (Å²) in [5.41, 5.74) is 2.43. The number of benzene rings is 1. The maximum atomic E-state index is 9.06. The minimum atomic E-state index is -0.204. The molecule has 84 valence electrons. The van der Waals surface area contributed by atoms with E-state index in [1.165, 1.54) is 17.5 Å². The van der Waals surface area contributed by atoms with Crippen LogP contribution in [0.2, 0.25) is 0 Å². The third-order valence-electron chi connectivity index (χ3n) is 3.42. The van der Waals surface area contributed by atoms with Gasteiger partial charge in [-0.15, -0.1) is 0 Å². The zero-order valence-electron chi connectivity index (χ0n) is 9.79. The molecule has 0 saturated heterocycles. The van der Waals surface area contributed by atoms with Crippen LogP contribution in [-0.2, 0) is 6.42 Å². The first-order valence-electron chi connectivity index (χ1n) is 5.96. The molecule has 0 radical (unpaired) electrons. The van der Waals surface area contributed by atoms with Gasteiger partial charge in [0, 0.05) is 6.54 Å². The summed E-state index contributed by atoms with van der Waals surface area (Å²) in [5, 5.41) is 12.4. The molecular weight excluding hydrogens is 196 g/mol. The van der Waals surface area contributed by atoms with Gasteiger partial charge in [0.15, 0.2) is 0 Å². The summed E-state index contributed by atoms with van der Waals surface area (Å²) in [7, 11) is 0. The smallest absolute Gasteiger partial charge is 0.106 e. The van der Waals surface area contributed by atoms with Gasteiger partial charge in [0.1, 0.15) is 5.54 Å². The second-order valence-electron chi connectivity index (χ2n) is 4.71. The average Bonchev–Trinajstić information content (AvgIpc) is 2.25. The molecule has 0 aliphatic heterocycles. The molecule has 2 rings (SSSR count). The van der Waals surface area contributed by atoms with Crippen LogP contribution in [0.4, 0.5) is 0 Å². The van der Waals surface area contributed by atoms with Crippen molar-refractivity contribution in [1.29, 1.82) is 5.26 Å². The van der Waals surface area contributed by atoms with Gasteiger partial charge in [-0.3, -0.25) is 5.32 Å². The van der Waals surface area contributed by atoms with Gasteiger partial charge in [-0.2, -0.15) is 5.26 Å². The molecule has 16 heavy (non-hydrogen) atoms. The van der Waals surface area contributed by atoms with Crippen molar-refractivity contribution in [2.45, 2.75) is 38.1 Å². The highest BCUT2D eigenvalue weighted by atomic mass is 15.0. The fraction of sp³-hybridized carbons (Fsp3) is 0.500. The summed E-state index contributed by atoms with van der Waals surface area (Å²) in [6, 6.07) is 11.0. The van der Waals surface area contributed by atoms with E-state index in [2.05, 4.69) is 42.6 Å². The van der Waals surface area contributed by atoms with Crippen molar-refractivity contribution in [3.8, 4) is 6.07 Å². The van der Waals surface area contributed by atoms with Crippen molar-refractivity contribution in [3.05, 3.63) is 35.4 Å². The van der Waals surface area contributed by atoms with Gasteiger partial charge in [-0.1, -0.05) is 29.8 Å². The molecule has 1 fully saturated rings. The molecule has 0 spiro atoms. The molecule has 0 heterocycles. The lowest BCUT2D eigenvalue weighted by Gasteiger charge is -2.36. The zero-order valence-corrected chi connectivity index (χ0v) is 9.79. The lowest BCUT2D eigenvalue weighted by atomic mass is 9.78. The quantitative estimate of drug-likeness (QED) is 0.836. The first kappa shape index (κ1) is 11.2. The van der Waals surface area contributed by atoms with Crippen LogP contribution in [0.15, 0.2) is 24.3 Å². The van der Waals surface area contributed by atoms with E-state index in [4.69, 9.17) is 5.26 Å². The van der Waals surface area contributed by atoms with E-state index in [1.54, 1.807) is 0 Å². The van der Waals surface area contributed by atoms with Crippen LogP contribution < -0.4 is 5.32 Å². The van der Waals surface area contributed by atoms with Gasteiger partial charge in [0.2, 0.25) is 0 Å². The van der Waals surface area contributed by atoms with Crippen LogP contribution in [0.25, 0.3) is 0 Å². The first-order valence-corrected chi connectivity index (χ1v) is 5.96. The van der Waals surface area contributed by atoms with E-state index in [1.807, 2.05) is 0 Å². The average molecular weight is 214 g/mol.